The Balaban J connectivity index is 1.79. The van der Waals surface area contributed by atoms with Crippen LogP contribution in [0.1, 0.15) is 43.7 Å². The topological polar surface area (TPSA) is 68.0 Å². The van der Waals surface area contributed by atoms with Crippen molar-refractivity contribution in [2.75, 3.05) is 12.3 Å². The smallest absolute Gasteiger partial charge is 0.277 e. The van der Waals surface area contributed by atoms with E-state index in [1.165, 1.54) is 35.7 Å². The van der Waals surface area contributed by atoms with E-state index in [0.717, 1.165) is 24.9 Å². The molecule has 0 saturated carbocycles. The number of carbonyl (C=O) groups excluding carboxylic acids is 1. The van der Waals surface area contributed by atoms with Gasteiger partial charge in [-0.3, -0.25) is 4.79 Å². The Bertz CT molecular complexity index is 670. The zero-order chi connectivity index (χ0) is 17.4. The van der Waals surface area contributed by atoms with Gasteiger partial charge in [0.2, 0.25) is 11.8 Å². The zero-order valence-electron chi connectivity index (χ0n) is 14.6. The summed E-state index contributed by atoms with van der Waals surface area (Å²) in [6, 6.07) is 6.03. The van der Waals surface area contributed by atoms with Gasteiger partial charge in [-0.2, -0.15) is 0 Å². The minimum Gasteiger partial charge on any atom is -0.411 e. The maximum absolute atomic E-state index is 11.8. The third kappa shape index (κ3) is 5.67. The van der Waals surface area contributed by atoms with Crippen molar-refractivity contribution < 1.29 is 9.21 Å². The number of aryl methyl sites for hydroxylation is 2. The van der Waals surface area contributed by atoms with Gasteiger partial charge < -0.3 is 9.73 Å². The quantitative estimate of drug-likeness (QED) is 0.545. The predicted octanol–water partition coefficient (Wildman–Crippen LogP) is 4.14. The van der Waals surface area contributed by atoms with Gasteiger partial charge in [0.25, 0.3) is 5.22 Å². The van der Waals surface area contributed by atoms with Gasteiger partial charge in [0.15, 0.2) is 0 Å². The first-order valence-electron chi connectivity index (χ1n) is 8.40. The van der Waals surface area contributed by atoms with Crippen molar-refractivity contribution in [1.29, 1.82) is 0 Å². The van der Waals surface area contributed by atoms with Gasteiger partial charge in [-0.25, -0.2) is 0 Å². The number of benzene rings is 1. The molecule has 0 radical (unpaired) electrons. The molecule has 24 heavy (non-hydrogen) atoms. The molecule has 1 aromatic heterocycles. The van der Waals surface area contributed by atoms with Crippen molar-refractivity contribution in [3.05, 3.63) is 29.3 Å². The number of nitrogens with zero attached hydrogens (tertiary/aromatic N) is 2. The van der Waals surface area contributed by atoms with Crippen LogP contribution in [0.4, 0.5) is 0 Å². The normalized spacial score (nSPS) is 10.8. The summed E-state index contributed by atoms with van der Waals surface area (Å²) in [7, 11) is 0. The van der Waals surface area contributed by atoms with Gasteiger partial charge in [0.1, 0.15) is 0 Å². The number of aromatic nitrogens is 2. The molecule has 130 valence electrons. The minimum absolute atomic E-state index is 0.00225. The van der Waals surface area contributed by atoms with Crippen LogP contribution < -0.4 is 5.32 Å². The molecule has 2 aromatic rings. The van der Waals surface area contributed by atoms with Gasteiger partial charge in [0, 0.05) is 12.1 Å². The second-order valence-corrected chi connectivity index (χ2v) is 6.80. The molecule has 1 aromatic carbocycles. The number of hydrogen-bond donors (Lipinski definition) is 1. The van der Waals surface area contributed by atoms with Crippen LogP contribution in [0.5, 0.6) is 0 Å². The Morgan fingerprint density at radius 3 is 2.75 bits per heavy atom. The number of carbonyl (C=O) groups is 1. The Kier molecular flexibility index (Phi) is 7.31. The van der Waals surface area contributed by atoms with Crippen molar-refractivity contribution in [3.63, 3.8) is 0 Å². The molecule has 6 heteroatoms. The summed E-state index contributed by atoms with van der Waals surface area (Å²) >= 11 is 1.27. The molecular weight excluding hydrogens is 322 g/mol. The Labute approximate surface area is 147 Å². The molecule has 1 amide bonds. The van der Waals surface area contributed by atoms with E-state index in [2.05, 4.69) is 36.3 Å². The number of thioether (sulfide) groups is 1. The molecule has 0 aliphatic heterocycles. The van der Waals surface area contributed by atoms with Gasteiger partial charge in [-0.05, 0) is 43.5 Å². The van der Waals surface area contributed by atoms with E-state index in [9.17, 15) is 4.79 Å². The van der Waals surface area contributed by atoms with Crippen molar-refractivity contribution in [1.82, 2.24) is 15.5 Å². The van der Waals surface area contributed by atoms with Crippen LogP contribution in [0.3, 0.4) is 0 Å². The highest BCUT2D eigenvalue weighted by molar-refractivity contribution is 7.99. The van der Waals surface area contributed by atoms with Crippen LogP contribution in [0.2, 0.25) is 0 Å². The Morgan fingerprint density at radius 1 is 1.17 bits per heavy atom. The Morgan fingerprint density at radius 2 is 2.00 bits per heavy atom. The fourth-order valence-corrected chi connectivity index (χ4v) is 2.81. The highest BCUT2D eigenvalue weighted by atomic mass is 32.2. The number of rotatable bonds is 9. The summed E-state index contributed by atoms with van der Waals surface area (Å²) in [5, 5.41) is 11.4. The SMILES string of the molecule is CCCCCCNC(=O)CSc1nnc(-c2ccc(C)c(C)c2)o1. The second-order valence-electron chi connectivity index (χ2n) is 5.87. The molecular formula is C18H25N3O2S. The summed E-state index contributed by atoms with van der Waals surface area (Å²) < 4.78 is 5.63. The van der Waals surface area contributed by atoms with E-state index in [4.69, 9.17) is 4.42 Å². The standard InChI is InChI=1S/C18H25N3O2S/c1-4-5-6-7-10-19-16(22)12-24-18-21-20-17(23-18)15-9-8-13(2)14(3)11-15/h8-9,11H,4-7,10,12H2,1-3H3,(H,19,22). The molecule has 2 rings (SSSR count). The van der Waals surface area contributed by atoms with Crippen molar-refractivity contribution >= 4 is 17.7 Å². The molecule has 0 fully saturated rings. The predicted molar refractivity (Wildman–Crippen MR) is 97.1 cm³/mol. The molecule has 1 heterocycles. The highest BCUT2D eigenvalue weighted by Gasteiger charge is 2.11. The van der Waals surface area contributed by atoms with Crippen molar-refractivity contribution in [2.45, 2.75) is 51.7 Å². The largest absolute Gasteiger partial charge is 0.411 e. The van der Waals surface area contributed by atoms with Gasteiger partial charge in [0.05, 0.1) is 5.75 Å². The molecule has 1 N–H and O–H groups in total. The fraction of sp³-hybridized carbons (Fsp3) is 0.500. The van der Waals surface area contributed by atoms with Gasteiger partial charge in [-0.15, -0.1) is 10.2 Å². The molecule has 0 saturated heterocycles. The molecule has 0 unspecified atom stereocenters. The van der Waals surface area contributed by atoms with Gasteiger partial charge in [-0.1, -0.05) is 44.0 Å². The van der Waals surface area contributed by atoms with E-state index in [-0.39, 0.29) is 5.91 Å². The minimum atomic E-state index is 0.00225. The molecule has 0 atom stereocenters. The number of unbranched alkanes of at least 4 members (excludes halogenated alkanes) is 3. The van der Waals surface area contributed by atoms with Crippen LogP contribution in [0.25, 0.3) is 11.5 Å². The summed E-state index contributed by atoms with van der Waals surface area (Å²) in [6.45, 7) is 7.02. The molecule has 0 bridgehead atoms. The van der Waals surface area contributed by atoms with Gasteiger partial charge >= 0.3 is 0 Å². The lowest BCUT2D eigenvalue weighted by Crippen LogP contribution is -2.26. The average molecular weight is 347 g/mol. The molecule has 5 nitrogen and oxygen atoms in total. The number of nitrogens with one attached hydrogen (secondary N) is 1. The summed E-state index contributed by atoms with van der Waals surface area (Å²) in [4.78, 5) is 11.8. The number of hydrogen-bond acceptors (Lipinski definition) is 5. The average Bonchev–Trinajstić information content (AvgIpc) is 3.04. The van der Waals surface area contributed by atoms with E-state index in [1.54, 1.807) is 0 Å². The lowest BCUT2D eigenvalue weighted by Gasteiger charge is -2.03. The van der Waals surface area contributed by atoms with E-state index >= 15 is 0 Å². The summed E-state index contributed by atoms with van der Waals surface area (Å²) in [6.07, 6.45) is 4.60. The first-order chi connectivity index (χ1) is 11.6. The molecule has 0 spiro atoms. The summed E-state index contributed by atoms with van der Waals surface area (Å²) in [5.74, 6) is 0.783. The second kappa shape index (κ2) is 9.47. The molecule has 0 aliphatic rings. The third-order valence-corrected chi connectivity index (χ3v) is 4.66. The highest BCUT2D eigenvalue weighted by Crippen LogP contribution is 2.24. The maximum Gasteiger partial charge on any atom is 0.277 e. The first-order valence-corrected chi connectivity index (χ1v) is 9.39. The van der Waals surface area contributed by atoms with Crippen LogP contribution in [-0.2, 0) is 4.79 Å². The van der Waals surface area contributed by atoms with Crippen LogP contribution >= 0.6 is 11.8 Å². The van der Waals surface area contributed by atoms with Crippen LogP contribution in [0.15, 0.2) is 27.8 Å². The summed E-state index contributed by atoms with van der Waals surface area (Å²) in [5.41, 5.74) is 3.31. The van der Waals surface area contributed by atoms with E-state index in [0.29, 0.717) is 16.9 Å². The Hall–Kier alpha value is -1.82. The van der Waals surface area contributed by atoms with Crippen molar-refractivity contribution in [2.24, 2.45) is 0 Å². The lowest BCUT2D eigenvalue weighted by molar-refractivity contribution is -0.118. The first kappa shape index (κ1) is 18.5. The van der Waals surface area contributed by atoms with E-state index < -0.39 is 0 Å². The third-order valence-electron chi connectivity index (χ3n) is 3.84. The molecule has 0 aliphatic carbocycles. The monoisotopic (exact) mass is 347 g/mol. The van der Waals surface area contributed by atoms with Crippen LogP contribution in [0, 0.1) is 13.8 Å². The lowest BCUT2D eigenvalue weighted by atomic mass is 10.1. The maximum atomic E-state index is 11.8. The van der Waals surface area contributed by atoms with Crippen molar-refractivity contribution in [3.8, 4) is 11.5 Å². The number of amides is 1. The van der Waals surface area contributed by atoms with E-state index in [1.807, 2.05) is 18.2 Å². The zero-order valence-corrected chi connectivity index (χ0v) is 15.4. The van der Waals surface area contributed by atoms with Crippen LogP contribution in [-0.4, -0.2) is 28.4 Å². The fourth-order valence-electron chi connectivity index (χ4n) is 2.22.